The predicted molar refractivity (Wildman–Crippen MR) is 112 cm³/mol. The normalized spacial score (nSPS) is 12.0. The first-order valence-electron chi connectivity index (χ1n) is 9.18. The van der Waals surface area contributed by atoms with E-state index in [9.17, 15) is 26.4 Å². The second-order valence-corrected chi connectivity index (χ2v) is 8.16. The minimum atomic E-state index is -4.59. The van der Waals surface area contributed by atoms with Crippen LogP contribution in [0.4, 0.5) is 13.2 Å². The Hall–Kier alpha value is -3.66. The number of benzene rings is 3. The maximum Gasteiger partial charge on any atom is 0.416 e. The van der Waals surface area contributed by atoms with Crippen molar-refractivity contribution in [2.45, 2.75) is 18.0 Å². The van der Waals surface area contributed by atoms with Crippen molar-refractivity contribution in [3.05, 3.63) is 95.1 Å². The van der Waals surface area contributed by atoms with E-state index in [1.807, 2.05) is 0 Å². The Balaban J connectivity index is 1.77. The van der Waals surface area contributed by atoms with Crippen LogP contribution < -0.4 is 9.61 Å². The molecular formula is C22H17F3N2O4S. The molecule has 166 valence electrons. The number of alkyl halides is 3. The van der Waals surface area contributed by atoms with Crippen LogP contribution in [0.3, 0.4) is 0 Å². The fraction of sp³-hybridized carbons (Fsp3) is 0.0909. The highest BCUT2D eigenvalue weighted by molar-refractivity contribution is 7.87. The number of nitrogens with zero attached hydrogens (tertiary/aromatic N) is 1. The van der Waals surface area contributed by atoms with E-state index in [1.165, 1.54) is 24.4 Å². The zero-order chi connectivity index (χ0) is 23.4. The summed E-state index contributed by atoms with van der Waals surface area (Å²) in [7, 11) is -4.40. The Labute approximate surface area is 182 Å². The highest BCUT2D eigenvalue weighted by Crippen LogP contribution is 2.30. The summed E-state index contributed by atoms with van der Waals surface area (Å²) in [5.41, 5.74) is 2.79. The van der Waals surface area contributed by atoms with Crippen molar-refractivity contribution in [3.63, 3.8) is 0 Å². The van der Waals surface area contributed by atoms with E-state index in [1.54, 1.807) is 37.3 Å². The Morgan fingerprint density at radius 3 is 2.25 bits per heavy atom. The number of rotatable bonds is 6. The van der Waals surface area contributed by atoms with Gasteiger partial charge in [0.1, 0.15) is 4.90 Å². The lowest BCUT2D eigenvalue weighted by atomic mass is 10.1. The molecule has 0 radical (unpaired) electrons. The number of aryl methyl sites for hydroxylation is 1. The summed E-state index contributed by atoms with van der Waals surface area (Å²) in [6.07, 6.45) is -3.39. The zero-order valence-corrected chi connectivity index (χ0v) is 17.4. The van der Waals surface area contributed by atoms with Gasteiger partial charge in [0, 0.05) is 11.1 Å². The molecule has 10 heteroatoms. The summed E-state index contributed by atoms with van der Waals surface area (Å²) < 4.78 is 68.2. The van der Waals surface area contributed by atoms with E-state index in [4.69, 9.17) is 4.18 Å². The molecule has 3 aromatic carbocycles. The minimum Gasteiger partial charge on any atom is -0.378 e. The van der Waals surface area contributed by atoms with Gasteiger partial charge in [-0.05, 0) is 55.0 Å². The summed E-state index contributed by atoms with van der Waals surface area (Å²) >= 11 is 0. The predicted octanol–water partition coefficient (Wildman–Crippen LogP) is 4.55. The molecule has 3 aromatic rings. The van der Waals surface area contributed by atoms with Gasteiger partial charge in [-0.2, -0.15) is 26.7 Å². The average molecular weight is 462 g/mol. The van der Waals surface area contributed by atoms with Crippen molar-refractivity contribution in [1.82, 2.24) is 5.43 Å². The van der Waals surface area contributed by atoms with Crippen LogP contribution in [0, 0.1) is 6.92 Å². The molecule has 6 nitrogen and oxygen atoms in total. The number of hydrogen-bond acceptors (Lipinski definition) is 5. The third kappa shape index (κ3) is 5.52. The largest absolute Gasteiger partial charge is 0.416 e. The summed E-state index contributed by atoms with van der Waals surface area (Å²) in [5, 5.41) is 3.84. The van der Waals surface area contributed by atoms with Crippen molar-refractivity contribution < 1.29 is 30.6 Å². The van der Waals surface area contributed by atoms with Crippen molar-refractivity contribution in [1.29, 1.82) is 0 Å². The number of carbonyl (C=O) groups excluding carboxylic acids is 1. The van der Waals surface area contributed by atoms with Gasteiger partial charge < -0.3 is 4.18 Å². The molecule has 0 fully saturated rings. The summed E-state index contributed by atoms with van der Waals surface area (Å²) in [5.74, 6) is -0.559. The van der Waals surface area contributed by atoms with E-state index in [2.05, 4.69) is 10.5 Å². The molecule has 0 spiro atoms. The third-order valence-corrected chi connectivity index (χ3v) is 5.60. The lowest BCUT2D eigenvalue weighted by molar-refractivity contribution is -0.137. The lowest BCUT2D eigenvalue weighted by Crippen LogP contribution is -2.18. The van der Waals surface area contributed by atoms with Crippen LogP contribution in [0.5, 0.6) is 5.75 Å². The van der Waals surface area contributed by atoms with Gasteiger partial charge in [0.2, 0.25) is 0 Å². The molecule has 1 amide bonds. The summed E-state index contributed by atoms with van der Waals surface area (Å²) in [4.78, 5) is 11.8. The Bertz CT molecular complexity index is 1250. The summed E-state index contributed by atoms with van der Waals surface area (Å²) in [6, 6.07) is 15.8. The summed E-state index contributed by atoms with van der Waals surface area (Å²) in [6.45, 7) is 1.77. The van der Waals surface area contributed by atoms with Crippen LogP contribution in [-0.2, 0) is 16.3 Å². The molecule has 32 heavy (non-hydrogen) atoms. The Morgan fingerprint density at radius 2 is 1.59 bits per heavy atom. The maximum atomic E-state index is 12.7. The van der Waals surface area contributed by atoms with Crippen LogP contribution in [0.25, 0.3) is 0 Å². The van der Waals surface area contributed by atoms with E-state index in [-0.39, 0.29) is 11.3 Å². The number of para-hydroxylation sites is 1. The molecule has 0 aromatic heterocycles. The standard InChI is InChI=1S/C22H17F3N2O4S/c1-15-6-2-4-8-19(15)21(28)27-26-14-16-7-3-5-9-20(16)31-32(29,30)18-12-10-17(11-13-18)22(23,24)25/h2-14H,1H3,(H,27,28). The number of nitrogens with one attached hydrogen (secondary N) is 1. The highest BCUT2D eigenvalue weighted by Gasteiger charge is 2.31. The van der Waals surface area contributed by atoms with E-state index >= 15 is 0 Å². The van der Waals surface area contributed by atoms with Crippen molar-refractivity contribution in [2.75, 3.05) is 0 Å². The van der Waals surface area contributed by atoms with Gasteiger partial charge in [0.15, 0.2) is 5.75 Å². The van der Waals surface area contributed by atoms with E-state index in [0.717, 1.165) is 17.7 Å². The van der Waals surface area contributed by atoms with Crippen LogP contribution in [0.1, 0.15) is 27.0 Å². The fourth-order valence-corrected chi connectivity index (χ4v) is 3.64. The van der Waals surface area contributed by atoms with Gasteiger partial charge in [-0.3, -0.25) is 4.79 Å². The second-order valence-electron chi connectivity index (χ2n) is 6.61. The number of carbonyl (C=O) groups is 1. The van der Waals surface area contributed by atoms with Crippen LogP contribution in [0.2, 0.25) is 0 Å². The second kappa shape index (κ2) is 9.23. The molecule has 3 rings (SSSR count). The zero-order valence-electron chi connectivity index (χ0n) is 16.6. The quantitative estimate of drug-likeness (QED) is 0.331. The van der Waals surface area contributed by atoms with Gasteiger partial charge in [0.05, 0.1) is 11.8 Å². The Kier molecular flexibility index (Phi) is 6.64. The highest BCUT2D eigenvalue weighted by atomic mass is 32.2. The van der Waals surface area contributed by atoms with Crippen LogP contribution in [0.15, 0.2) is 82.8 Å². The molecule has 0 atom stereocenters. The molecule has 0 bridgehead atoms. The molecule has 0 saturated carbocycles. The van der Waals surface area contributed by atoms with Gasteiger partial charge in [0.25, 0.3) is 5.91 Å². The maximum absolute atomic E-state index is 12.7. The van der Waals surface area contributed by atoms with Gasteiger partial charge in [-0.25, -0.2) is 5.43 Å². The number of halogens is 3. The average Bonchev–Trinajstić information content (AvgIpc) is 2.74. The molecular weight excluding hydrogens is 445 g/mol. The topological polar surface area (TPSA) is 84.8 Å². The van der Waals surface area contributed by atoms with Gasteiger partial charge >= 0.3 is 16.3 Å². The first-order chi connectivity index (χ1) is 15.1. The SMILES string of the molecule is Cc1ccccc1C(=O)NN=Cc1ccccc1OS(=O)(=O)c1ccc(C(F)(F)F)cc1. The minimum absolute atomic E-state index is 0.110. The number of amides is 1. The fourth-order valence-electron chi connectivity index (χ4n) is 2.69. The molecule has 1 N–H and O–H groups in total. The number of hydrogen-bond donors (Lipinski definition) is 1. The number of hydrazone groups is 1. The molecule has 0 aliphatic rings. The van der Waals surface area contributed by atoms with Gasteiger partial charge in [-0.15, -0.1) is 0 Å². The van der Waals surface area contributed by atoms with Crippen LogP contribution >= 0.6 is 0 Å². The van der Waals surface area contributed by atoms with E-state index in [0.29, 0.717) is 17.7 Å². The molecule has 0 aliphatic carbocycles. The third-order valence-electron chi connectivity index (χ3n) is 4.35. The molecule has 0 heterocycles. The van der Waals surface area contributed by atoms with Crippen molar-refractivity contribution in [3.8, 4) is 5.75 Å². The smallest absolute Gasteiger partial charge is 0.378 e. The molecule has 0 unspecified atom stereocenters. The van der Waals surface area contributed by atoms with Crippen molar-refractivity contribution >= 4 is 22.2 Å². The van der Waals surface area contributed by atoms with E-state index < -0.39 is 32.7 Å². The van der Waals surface area contributed by atoms with Crippen LogP contribution in [-0.4, -0.2) is 20.5 Å². The monoisotopic (exact) mass is 462 g/mol. The van der Waals surface area contributed by atoms with Gasteiger partial charge in [-0.1, -0.05) is 30.3 Å². The van der Waals surface area contributed by atoms with Crippen molar-refractivity contribution in [2.24, 2.45) is 5.10 Å². The molecule has 0 aliphatic heterocycles. The molecule has 0 saturated heterocycles. The lowest BCUT2D eigenvalue weighted by Gasteiger charge is -2.11. The Morgan fingerprint density at radius 1 is 0.969 bits per heavy atom. The first kappa shape index (κ1) is 23.0. The first-order valence-corrected chi connectivity index (χ1v) is 10.6.